The Balaban J connectivity index is 2.64. The Hall–Kier alpha value is -1.20. The number of rotatable bonds is 6. The molecular formula is C13H20N2O2S. The molecule has 4 nitrogen and oxygen atoms in total. The summed E-state index contributed by atoms with van der Waals surface area (Å²) in [5.74, 6) is -0.978. The lowest BCUT2D eigenvalue weighted by Gasteiger charge is -2.21. The third-order valence-electron chi connectivity index (χ3n) is 2.44. The fourth-order valence-corrected chi connectivity index (χ4v) is 2.37. The lowest BCUT2D eigenvalue weighted by atomic mass is 10.2. The summed E-state index contributed by atoms with van der Waals surface area (Å²) in [5, 5.41) is 9.32. The van der Waals surface area contributed by atoms with Crippen LogP contribution >= 0.6 is 11.8 Å². The molecule has 1 rings (SSSR count). The van der Waals surface area contributed by atoms with Gasteiger partial charge >= 0.3 is 5.97 Å². The number of aliphatic carboxylic acids is 1. The third-order valence-corrected chi connectivity index (χ3v) is 3.45. The molecule has 0 spiro atoms. The number of anilines is 1. The van der Waals surface area contributed by atoms with Crippen LogP contribution in [0.5, 0.6) is 0 Å². The molecule has 5 heteroatoms. The van der Waals surface area contributed by atoms with Crippen molar-refractivity contribution in [1.29, 1.82) is 0 Å². The lowest BCUT2D eigenvalue weighted by molar-refractivity contribution is -0.138. The molecular weight excluding hydrogens is 248 g/mol. The molecule has 0 saturated heterocycles. The topological polar surface area (TPSA) is 66.6 Å². The highest BCUT2D eigenvalue weighted by atomic mass is 32.2. The van der Waals surface area contributed by atoms with Crippen LogP contribution < -0.4 is 10.6 Å². The van der Waals surface area contributed by atoms with Gasteiger partial charge in [0.25, 0.3) is 0 Å². The van der Waals surface area contributed by atoms with E-state index in [1.165, 1.54) is 4.90 Å². The molecule has 1 aromatic carbocycles. The van der Waals surface area contributed by atoms with Gasteiger partial charge in [-0.05, 0) is 24.3 Å². The second kappa shape index (κ2) is 6.66. The molecule has 0 heterocycles. The molecule has 0 fully saturated rings. The highest BCUT2D eigenvalue weighted by Gasteiger charge is 2.14. The number of benzene rings is 1. The summed E-state index contributed by atoms with van der Waals surface area (Å²) in [6.45, 7) is 4.60. The van der Waals surface area contributed by atoms with Crippen LogP contribution in [-0.4, -0.2) is 36.0 Å². The molecule has 0 aliphatic rings. The highest BCUT2D eigenvalue weighted by Crippen LogP contribution is 2.25. The largest absolute Gasteiger partial charge is 0.480 e. The van der Waals surface area contributed by atoms with E-state index in [1.807, 2.05) is 36.2 Å². The summed E-state index contributed by atoms with van der Waals surface area (Å²) in [5.41, 5.74) is 6.48. The van der Waals surface area contributed by atoms with Crippen molar-refractivity contribution in [3.63, 3.8) is 0 Å². The van der Waals surface area contributed by atoms with E-state index < -0.39 is 12.0 Å². The Morgan fingerprint density at radius 1 is 1.39 bits per heavy atom. The van der Waals surface area contributed by atoms with Crippen molar-refractivity contribution >= 4 is 23.4 Å². The van der Waals surface area contributed by atoms with E-state index in [2.05, 4.69) is 13.8 Å². The molecule has 0 amide bonds. The number of carboxylic acids is 1. The van der Waals surface area contributed by atoms with Gasteiger partial charge in [0.05, 0.1) is 0 Å². The van der Waals surface area contributed by atoms with Crippen LogP contribution in [0.4, 0.5) is 5.69 Å². The van der Waals surface area contributed by atoms with Crippen molar-refractivity contribution in [2.24, 2.45) is 5.73 Å². The van der Waals surface area contributed by atoms with Crippen molar-refractivity contribution in [3.8, 4) is 0 Å². The molecule has 0 radical (unpaired) electrons. The Kier molecular flexibility index (Phi) is 5.50. The van der Waals surface area contributed by atoms with Gasteiger partial charge in [0.1, 0.15) is 6.04 Å². The van der Waals surface area contributed by atoms with E-state index in [1.54, 1.807) is 11.8 Å². The molecule has 1 atom stereocenters. The van der Waals surface area contributed by atoms with Gasteiger partial charge in [0.2, 0.25) is 0 Å². The summed E-state index contributed by atoms with van der Waals surface area (Å²) in [7, 11) is 1.84. The summed E-state index contributed by atoms with van der Waals surface area (Å²) >= 11 is 1.80. The molecule has 0 aromatic heterocycles. The number of nitrogens with two attached hydrogens (primary N) is 1. The number of hydrogen-bond donors (Lipinski definition) is 2. The fourth-order valence-electron chi connectivity index (χ4n) is 1.53. The first-order valence-electron chi connectivity index (χ1n) is 5.86. The number of thioether (sulfide) groups is 1. The lowest BCUT2D eigenvalue weighted by Crippen LogP contribution is -2.41. The van der Waals surface area contributed by atoms with Gasteiger partial charge < -0.3 is 15.7 Å². The van der Waals surface area contributed by atoms with Crippen molar-refractivity contribution in [3.05, 3.63) is 24.3 Å². The molecule has 0 aliphatic heterocycles. The number of hydrogen-bond acceptors (Lipinski definition) is 4. The minimum atomic E-state index is -0.978. The molecule has 100 valence electrons. The van der Waals surface area contributed by atoms with Crippen molar-refractivity contribution < 1.29 is 9.90 Å². The normalized spacial score (nSPS) is 12.5. The molecule has 18 heavy (non-hydrogen) atoms. The zero-order chi connectivity index (χ0) is 13.7. The minimum absolute atomic E-state index is 0.298. The maximum atomic E-state index is 10.7. The van der Waals surface area contributed by atoms with Crippen LogP contribution in [-0.2, 0) is 4.79 Å². The van der Waals surface area contributed by atoms with E-state index >= 15 is 0 Å². The summed E-state index contributed by atoms with van der Waals surface area (Å²) in [6.07, 6.45) is 0. The average molecular weight is 268 g/mol. The van der Waals surface area contributed by atoms with Crippen LogP contribution in [0, 0.1) is 0 Å². The van der Waals surface area contributed by atoms with E-state index in [9.17, 15) is 4.79 Å². The van der Waals surface area contributed by atoms with Gasteiger partial charge in [-0.1, -0.05) is 13.8 Å². The van der Waals surface area contributed by atoms with Gasteiger partial charge in [0.15, 0.2) is 0 Å². The molecule has 0 bridgehead atoms. The molecule has 0 saturated carbocycles. The highest BCUT2D eigenvalue weighted by molar-refractivity contribution is 7.99. The quantitative estimate of drug-likeness (QED) is 0.773. The molecule has 1 aromatic rings. The first kappa shape index (κ1) is 14.9. The van der Waals surface area contributed by atoms with Gasteiger partial charge in [-0.2, -0.15) is 0 Å². The van der Waals surface area contributed by atoms with Gasteiger partial charge in [-0.15, -0.1) is 11.8 Å². The van der Waals surface area contributed by atoms with E-state index in [0.29, 0.717) is 11.8 Å². The maximum Gasteiger partial charge on any atom is 0.322 e. The second-order valence-corrected chi connectivity index (χ2v) is 6.14. The molecule has 3 N–H and O–H groups in total. The van der Waals surface area contributed by atoms with Crippen molar-refractivity contribution in [1.82, 2.24) is 0 Å². The van der Waals surface area contributed by atoms with Gasteiger partial charge in [-0.3, -0.25) is 4.79 Å². The monoisotopic (exact) mass is 268 g/mol. The predicted octanol–water partition coefficient (Wildman–Crippen LogP) is 2.04. The zero-order valence-electron chi connectivity index (χ0n) is 11.0. The number of carbonyl (C=O) groups is 1. The Morgan fingerprint density at radius 2 is 1.94 bits per heavy atom. The van der Waals surface area contributed by atoms with Crippen LogP contribution in [0.3, 0.4) is 0 Å². The Bertz CT molecular complexity index is 392. The van der Waals surface area contributed by atoms with Crippen LogP contribution in [0.1, 0.15) is 13.8 Å². The maximum absolute atomic E-state index is 10.7. The third kappa shape index (κ3) is 4.58. The molecule has 0 aliphatic carbocycles. The van der Waals surface area contributed by atoms with Crippen molar-refractivity contribution in [2.75, 3.05) is 18.5 Å². The smallest absolute Gasteiger partial charge is 0.322 e. The summed E-state index contributed by atoms with van der Waals surface area (Å²) in [4.78, 5) is 13.7. The summed E-state index contributed by atoms with van der Waals surface area (Å²) < 4.78 is 0. The number of likely N-dealkylation sites (N-methyl/N-ethyl adjacent to an activating group) is 1. The predicted molar refractivity (Wildman–Crippen MR) is 76.3 cm³/mol. The van der Waals surface area contributed by atoms with E-state index in [4.69, 9.17) is 10.8 Å². The minimum Gasteiger partial charge on any atom is -0.480 e. The van der Waals surface area contributed by atoms with Crippen LogP contribution in [0.25, 0.3) is 0 Å². The average Bonchev–Trinajstić information content (AvgIpc) is 2.28. The standard InChI is InChI=1S/C13H20N2O2S/c1-9(2)18-11-6-4-10(5-7-11)15(3)8-12(14)13(16)17/h4-7,9,12H,8,14H2,1-3H3,(H,16,17). The van der Waals surface area contributed by atoms with Gasteiger partial charge in [0, 0.05) is 29.4 Å². The van der Waals surface area contributed by atoms with E-state index in [-0.39, 0.29) is 0 Å². The number of nitrogens with zero attached hydrogens (tertiary/aromatic N) is 1. The Morgan fingerprint density at radius 3 is 2.39 bits per heavy atom. The van der Waals surface area contributed by atoms with Crippen LogP contribution in [0.2, 0.25) is 0 Å². The fraction of sp³-hybridized carbons (Fsp3) is 0.462. The van der Waals surface area contributed by atoms with E-state index in [0.717, 1.165) is 5.69 Å². The van der Waals surface area contributed by atoms with Crippen molar-refractivity contribution in [2.45, 2.75) is 30.0 Å². The number of carboxylic acid groups (broad SMARTS) is 1. The first-order chi connectivity index (χ1) is 8.40. The summed E-state index contributed by atoms with van der Waals surface area (Å²) in [6, 6.07) is 7.20. The zero-order valence-corrected chi connectivity index (χ0v) is 11.8. The Labute approximate surface area is 112 Å². The molecule has 1 unspecified atom stereocenters. The van der Waals surface area contributed by atoms with Crippen LogP contribution in [0.15, 0.2) is 29.2 Å². The van der Waals surface area contributed by atoms with Gasteiger partial charge in [-0.25, -0.2) is 0 Å². The SMILES string of the molecule is CC(C)Sc1ccc(N(C)CC(N)C(=O)O)cc1. The first-order valence-corrected chi connectivity index (χ1v) is 6.74. The second-order valence-electron chi connectivity index (χ2n) is 4.49.